The lowest BCUT2D eigenvalue weighted by Crippen LogP contribution is -2.58. The van der Waals surface area contributed by atoms with Gasteiger partial charge in [-0.15, -0.1) is 0 Å². The second-order valence-electron chi connectivity index (χ2n) is 6.60. The lowest BCUT2D eigenvalue weighted by molar-refractivity contribution is 0.0541. The lowest BCUT2D eigenvalue weighted by atomic mass is 10.1. The van der Waals surface area contributed by atoms with E-state index in [1.807, 2.05) is 13.8 Å². The summed E-state index contributed by atoms with van der Waals surface area (Å²) in [6.07, 6.45) is 3.91. The van der Waals surface area contributed by atoms with Gasteiger partial charge < -0.3 is 0 Å². The highest BCUT2D eigenvalue weighted by molar-refractivity contribution is 7.92. The van der Waals surface area contributed by atoms with Crippen molar-refractivity contribution in [2.24, 2.45) is 0 Å². The molecule has 0 aromatic heterocycles. The largest absolute Gasteiger partial charge is 0.298 e. The summed E-state index contributed by atoms with van der Waals surface area (Å²) >= 11 is 0. The van der Waals surface area contributed by atoms with Crippen molar-refractivity contribution in [3.63, 3.8) is 0 Å². The minimum atomic E-state index is -3.00. The van der Waals surface area contributed by atoms with Crippen LogP contribution in [0.5, 0.6) is 0 Å². The highest BCUT2D eigenvalue weighted by atomic mass is 32.2. The fraction of sp³-hybridized carbons (Fsp3) is 1.00. The molecular formula is C13H26N2O2S. The first-order valence-corrected chi connectivity index (χ1v) is 8.77. The zero-order chi connectivity index (χ0) is 13.6. The van der Waals surface area contributed by atoms with Crippen LogP contribution >= 0.6 is 0 Å². The van der Waals surface area contributed by atoms with E-state index in [1.54, 1.807) is 0 Å². The number of hydrogen-bond acceptors (Lipinski definition) is 4. The lowest BCUT2D eigenvalue weighted by Gasteiger charge is -2.44. The summed E-state index contributed by atoms with van der Waals surface area (Å²) in [7, 11) is -3.00. The van der Waals surface area contributed by atoms with Crippen LogP contribution in [0.3, 0.4) is 0 Å². The Kier molecular flexibility index (Phi) is 3.78. The van der Waals surface area contributed by atoms with Crippen LogP contribution in [0.2, 0.25) is 0 Å². The molecule has 0 amide bonds. The van der Waals surface area contributed by atoms with Gasteiger partial charge in [0.15, 0.2) is 9.84 Å². The van der Waals surface area contributed by atoms with E-state index in [2.05, 4.69) is 16.7 Å². The third-order valence-electron chi connectivity index (χ3n) is 4.65. The molecule has 0 aromatic carbocycles. The van der Waals surface area contributed by atoms with Crippen LogP contribution in [-0.4, -0.2) is 67.5 Å². The second-order valence-corrected chi connectivity index (χ2v) is 9.25. The van der Waals surface area contributed by atoms with Crippen LogP contribution in [0.4, 0.5) is 0 Å². The molecule has 2 fully saturated rings. The number of hydrogen-bond donors (Lipinski definition) is 0. The Labute approximate surface area is 111 Å². The van der Waals surface area contributed by atoms with Crippen molar-refractivity contribution in [2.45, 2.75) is 50.4 Å². The van der Waals surface area contributed by atoms with Gasteiger partial charge in [0, 0.05) is 38.0 Å². The molecule has 0 radical (unpaired) electrons. The van der Waals surface area contributed by atoms with E-state index in [0.717, 1.165) is 13.1 Å². The van der Waals surface area contributed by atoms with E-state index in [-0.39, 0.29) is 0 Å². The van der Waals surface area contributed by atoms with Gasteiger partial charge in [-0.25, -0.2) is 8.42 Å². The molecule has 2 unspecified atom stereocenters. The Balaban J connectivity index is 2.05. The van der Waals surface area contributed by atoms with E-state index >= 15 is 0 Å². The Morgan fingerprint density at radius 2 is 1.94 bits per heavy atom. The van der Waals surface area contributed by atoms with Gasteiger partial charge in [0.2, 0.25) is 0 Å². The Bertz CT molecular complexity index is 405. The molecule has 0 aromatic rings. The molecule has 106 valence electrons. The Morgan fingerprint density at radius 3 is 2.56 bits per heavy atom. The van der Waals surface area contributed by atoms with Gasteiger partial charge in [0.05, 0.1) is 4.75 Å². The summed E-state index contributed by atoms with van der Waals surface area (Å²) in [4.78, 5) is 4.93. The van der Waals surface area contributed by atoms with Crippen LogP contribution in [-0.2, 0) is 9.84 Å². The quantitative estimate of drug-likeness (QED) is 0.769. The zero-order valence-corrected chi connectivity index (χ0v) is 12.8. The normalized spacial score (nSPS) is 31.6. The smallest absolute Gasteiger partial charge is 0.153 e. The molecule has 2 aliphatic heterocycles. The van der Waals surface area contributed by atoms with Crippen LogP contribution in [0.1, 0.15) is 33.6 Å². The molecule has 0 spiro atoms. The fourth-order valence-electron chi connectivity index (χ4n) is 3.07. The third kappa shape index (κ3) is 2.73. The molecule has 0 aliphatic carbocycles. The zero-order valence-electron chi connectivity index (χ0n) is 12.0. The van der Waals surface area contributed by atoms with Crippen LogP contribution in [0.15, 0.2) is 0 Å². The van der Waals surface area contributed by atoms with Gasteiger partial charge in [0.1, 0.15) is 0 Å². The molecule has 5 heteroatoms. The van der Waals surface area contributed by atoms with Gasteiger partial charge in [-0.05, 0) is 40.2 Å². The first kappa shape index (κ1) is 14.3. The second kappa shape index (κ2) is 4.76. The molecule has 0 bridgehead atoms. The standard InChI is InChI=1S/C13H26N2O2S/c1-11-8-14-7-5-6-12(14)9-15(11)10-13(2,3)18(4,16)17/h11-12H,5-10H2,1-4H3. The fourth-order valence-corrected chi connectivity index (χ4v) is 3.47. The molecule has 2 aliphatic rings. The third-order valence-corrected chi connectivity index (χ3v) is 6.79. The first-order chi connectivity index (χ1) is 8.21. The molecule has 18 heavy (non-hydrogen) atoms. The molecule has 0 saturated carbocycles. The van der Waals surface area contributed by atoms with Crippen molar-refractivity contribution in [3.8, 4) is 0 Å². The molecule has 4 nitrogen and oxygen atoms in total. The maximum absolute atomic E-state index is 11.8. The van der Waals surface area contributed by atoms with Crippen LogP contribution in [0.25, 0.3) is 0 Å². The average Bonchev–Trinajstić information content (AvgIpc) is 2.63. The van der Waals surface area contributed by atoms with Gasteiger partial charge in [-0.2, -0.15) is 0 Å². The van der Waals surface area contributed by atoms with Gasteiger partial charge in [0.25, 0.3) is 0 Å². The van der Waals surface area contributed by atoms with Gasteiger partial charge in [-0.1, -0.05) is 0 Å². The number of piperazine rings is 1. The SMILES string of the molecule is CC1CN2CCCC2CN1CC(C)(C)S(C)(=O)=O. The first-order valence-electron chi connectivity index (χ1n) is 6.88. The molecule has 2 rings (SSSR count). The van der Waals surface area contributed by atoms with Crippen molar-refractivity contribution in [1.82, 2.24) is 9.80 Å². The van der Waals surface area contributed by atoms with Crippen molar-refractivity contribution in [2.75, 3.05) is 32.4 Å². The molecule has 2 saturated heterocycles. The topological polar surface area (TPSA) is 40.6 Å². The highest BCUT2D eigenvalue weighted by Gasteiger charge is 2.39. The molecule has 2 atom stereocenters. The van der Waals surface area contributed by atoms with Gasteiger partial charge >= 0.3 is 0 Å². The summed E-state index contributed by atoms with van der Waals surface area (Å²) < 4.78 is 23.0. The average molecular weight is 274 g/mol. The van der Waals surface area contributed by atoms with E-state index in [9.17, 15) is 8.42 Å². The van der Waals surface area contributed by atoms with Crippen molar-refractivity contribution in [1.29, 1.82) is 0 Å². The predicted molar refractivity (Wildman–Crippen MR) is 74.6 cm³/mol. The number of nitrogens with zero attached hydrogens (tertiary/aromatic N) is 2. The number of fused-ring (bicyclic) bond motifs is 1. The van der Waals surface area contributed by atoms with Crippen molar-refractivity contribution < 1.29 is 8.42 Å². The van der Waals surface area contributed by atoms with Crippen LogP contribution in [0, 0.1) is 0 Å². The summed E-state index contributed by atoms with van der Waals surface area (Å²) in [5.41, 5.74) is 0. The highest BCUT2D eigenvalue weighted by Crippen LogP contribution is 2.27. The number of rotatable bonds is 3. The predicted octanol–water partition coefficient (Wildman–Crippen LogP) is 0.978. The summed E-state index contributed by atoms with van der Waals surface area (Å²) in [6, 6.07) is 1.11. The van der Waals surface area contributed by atoms with E-state index in [1.165, 1.54) is 25.6 Å². The van der Waals surface area contributed by atoms with E-state index in [4.69, 9.17) is 0 Å². The van der Waals surface area contributed by atoms with Gasteiger partial charge in [-0.3, -0.25) is 9.80 Å². The molecular weight excluding hydrogens is 248 g/mol. The minimum Gasteiger partial charge on any atom is -0.298 e. The van der Waals surface area contributed by atoms with Crippen molar-refractivity contribution in [3.05, 3.63) is 0 Å². The number of sulfone groups is 1. The summed E-state index contributed by atoms with van der Waals surface area (Å²) in [6.45, 7) is 9.89. The van der Waals surface area contributed by atoms with E-state index in [0.29, 0.717) is 18.6 Å². The summed E-state index contributed by atoms with van der Waals surface area (Å²) in [5, 5.41) is 0. The van der Waals surface area contributed by atoms with Crippen molar-refractivity contribution >= 4 is 9.84 Å². The Hall–Kier alpha value is -0.130. The summed E-state index contributed by atoms with van der Waals surface area (Å²) in [5.74, 6) is 0. The van der Waals surface area contributed by atoms with Crippen LogP contribution < -0.4 is 0 Å². The minimum absolute atomic E-state index is 0.459. The molecule has 0 N–H and O–H groups in total. The monoisotopic (exact) mass is 274 g/mol. The Morgan fingerprint density at radius 1 is 1.28 bits per heavy atom. The van der Waals surface area contributed by atoms with E-state index < -0.39 is 14.6 Å². The maximum Gasteiger partial charge on any atom is 0.153 e. The molecule has 2 heterocycles. The maximum atomic E-state index is 11.8.